The van der Waals surface area contributed by atoms with Crippen molar-refractivity contribution in [2.75, 3.05) is 26.9 Å². The van der Waals surface area contributed by atoms with Crippen molar-refractivity contribution < 1.29 is 13.9 Å². The lowest BCUT2D eigenvalue weighted by Gasteiger charge is -2.13. The number of hydrogen-bond acceptors (Lipinski definition) is 3. The average Bonchev–Trinajstić information content (AvgIpc) is 3.19. The zero-order valence-corrected chi connectivity index (χ0v) is 11.5. The fourth-order valence-electron chi connectivity index (χ4n) is 1.84. The first-order valence-electron chi connectivity index (χ1n) is 6.17. The first-order valence-corrected chi connectivity index (χ1v) is 8.04. The molecule has 1 heterocycles. The Labute approximate surface area is 104 Å². The SMILES string of the molecule is CO[SiH](CCCOCC1CO1)c1ccccc1. The molecule has 1 saturated heterocycles. The number of benzene rings is 1. The van der Waals surface area contributed by atoms with Gasteiger partial charge >= 0.3 is 0 Å². The number of hydrogen-bond donors (Lipinski definition) is 0. The minimum Gasteiger partial charge on any atom is -0.418 e. The average molecular weight is 252 g/mol. The molecule has 1 aliphatic rings. The summed E-state index contributed by atoms with van der Waals surface area (Å²) in [5.41, 5.74) is 0. The van der Waals surface area contributed by atoms with Gasteiger partial charge in [-0.1, -0.05) is 30.3 Å². The molecule has 1 aromatic rings. The van der Waals surface area contributed by atoms with Crippen LogP contribution in [0.2, 0.25) is 6.04 Å². The van der Waals surface area contributed by atoms with Gasteiger partial charge in [-0.05, 0) is 17.7 Å². The van der Waals surface area contributed by atoms with Crippen molar-refractivity contribution in [1.82, 2.24) is 0 Å². The summed E-state index contributed by atoms with van der Waals surface area (Å²) in [4.78, 5) is 0. The second-order valence-corrected chi connectivity index (χ2v) is 7.00. The van der Waals surface area contributed by atoms with Crippen LogP contribution in [0, 0.1) is 0 Å². The molecule has 94 valence electrons. The van der Waals surface area contributed by atoms with E-state index < -0.39 is 9.04 Å². The van der Waals surface area contributed by atoms with E-state index in [1.54, 1.807) is 0 Å². The molecule has 1 fully saturated rings. The lowest BCUT2D eigenvalue weighted by molar-refractivity contribution is 0.116. The van der Waals surface area contributed by atoms with Crippen LogP contribution in [0.5, 0.6) is 0 Å². The number of rotatable bonds is 8. The maximum Gasteiger partial charge on any atom is 0.207 e. The predicted octanol–water partition coefficient (Wildman–Crippen LogP) is 1.07. The predicted molar refractivity (Wildman–Crippen MR) is 70.2 cm³/mol. The lowest BCUT2D eigenvalue weighted by Crippen LogP contribution is -2.32. The molecule has 0 saturated carbocycles. The van der Waals surface area contributed by atoms with Crippen LogP contribution in [0.25, 0.3) is 0 Å². The maximum absolute atomic E-state index is 5.64. The van der Waals surface area contributed by atoms with E-state index in [2.05, 4.69) is 24.3 Å². The second-order valence-electron chi connectivity index (χ2n) is 4.31. The zero-order chi connectivity index (χ0) is 11.9. The van der Waals surface area contributed by atoms with E-state index in [1.165, 1.54) is 5.19 Å². The quantitative estimate of drug-likeness (QED) is 0.394. The summed E-state index contributed by atoms with van der Waals surface area (Å²) < 4.78 is 16.3. The third kappa shape index (κ3) is 4.59. The Kier molecular flexibility index (Phi) is 5.19. The standard InChI is InChI=1S/C13H20O3Si/c1-14-17(13-6-3-2-4-7-13)9-5-8-15-10-12-11-16-12/h2-4,6-7,12,17H,5,8-11H2,1H3. The van der Waals surface area contributed by atoms with Gasteiger partial charge in [-0.2, -0.15) is 0 Å². The van der Waals surface area contributed by atoms with Gasteiger partial charge in [0.05, 0.1) is 13.2 Å². The highest BCUT2D eigenvalue weighted by Crippen LogP contribution is 2.09. The minimum absolute atomic E-state index is 0.375. The molecule has 0 bridgehead atoms. The van der Waals surface area contributed by atoms with Gasteiger partial charge in [0.25, 0.3) is 0 Å². The van der Waals surface area contributed by atoms with E-state index in [0.717, 1.165) is 32.3 Å². The molecule has 2 rings (SSSR count). The zero-order valence-electron chi connectivity index (χ0n) is 10.3. The molecule has 2 unspecified atom stereocenters. The lowest BCUT2D eigenvalue weighted by atomic mass is 10.4. The van der Waals surface area contributed by atoms with Crippen molar-refractivity contribution >= 4 is 14.2 Å². The van der Waals surface area contributed by atoms with Gasteiger partial charge in [-0.3, -0.25) is 0 Å². The molecule has 0 aromatic heterocycles. The summed E-state index contributed by atoms with van der Waals surface area (Å²) in [5.74, 6) is 0. The molecule has 0 N–H and O–H groups in total. The molecule has 2 atom stereocenters. The van der Waals surface area contributed by atoms with E-state index >= 15 is 0 Å². The molecular weight excluding hydrogens is 232 g/mol. The van der Waals surface area contributed by atoms with Crippen LogP contribution in [0.1, 0.15) is 6.42 Å². The topological polar surface area (TPSA) is 31.0 Å². The van der Waals surface area contributed by atoms with Crippen LogP contribution in [0.15, 0.2) is 30.3 Å². The Morgan fingerprint density at radius 2 is 2.12 bits per heavy atom. The Morgan fingerprint density at radius 1 is 1.35 bits per heavy atom. The maximum atomic E-state index is 5.64. The summed E-state index contributed by atoms with van der Waals surface area (Å²) in [6.45, 7) is 2.45. The third-order valence-corrected chi connectivity index (χ3v) is 5.55. The van der Waals surface area contributed by atoms with Crippen LogP contribution in [-0.4, -0.2) is 42.1 Å². The van der Waals surface area contributed by atoms with Gasteiger partial charge in [0.2, 0.25) is 9.04 Å². The largest absolute Gasteiger partial charge is 0.418 e. The molecule has 0 spiro atoms. The molecule has 1 aliphatic heterocycles. The molecule has 17 heavy (non-hydrogen) atoms. The van der Waals surface area contributed by atoms with Crippen molar-refractivity contribution in [2.45, 2.75) is 18.6 Å². The van der Waals surface area contributed by atoms with Crippen LogP contribution in [0.3, 0.4) is 0 Å². The molecule has 4 heteroatoms. The van der Waals surface area contributed by atoms with E-state index in [1.807, 2.05) is 13.2 Å². The van der Waals surface area contributed by atoms with Crippen molar-refractivity contribution in [3.8, 4) is 0 Å². The van der Waals surface area contributed by atoms with Crippen LogP contribution >= 0.6 is 0 Å². The summed E-state index contributed by atoms with van der Waals surface area (Å²) in [7, 11) is 0.588. The summed E-state index contributed by atoms with van der Waals surface area (Å²) in [5, 5.41) is 1.38. The van der Waals surface area contributed by atoms with Gasteiger partial charge < -0.3 is 13.9 Å². The minimum atomic E-state index is -1.23. The highest BCUT2D eigenvalue weighted by atomic mass is 28.3. The van der Waals surface area contributed by atoms with Crippen molar-refractivity contribution in [1.29, 1.82) is 0 Å². The van der Waals surface area contributed by atoms with Gasteiger partial charge in [0.15, 0.2) is 0 Å². The van der Waals surface area contributed by atoms with Crippen molar-refractivity contribution in [3.63, 3.8) is 0 Å². The van der Waals surface area contributed by atoms with Crippen LogP contribution in [-0.2, 0) is 13.9 Å². The van der Waals surface area contributed by atoms with Gasteiger partial charge in [-0.25, -0.2) is 0 Å². The Balaban J connectivity index is 1.64. The van der Waals surface area contributed by atoms with Crippen molar-refractivity contribution in [2.24, 2.45) is 0 Å². The summed E-state index contributed by atoms with van der Waals surface area (Å²) in [6, 6.07) is 11.7. The summed E-state index contributed by atoms with van der Waals surface area (Å²) >= 11 is 0. The Hall–Kier alpha value is -0.683. The fourth-order valence-corrected chi connectivity index (χ4v) is 3.87. The van der Waals surface area contributed by atoms with E-state index in [4.69, 9.17) is 13.9 Å². The molecule has 0 radical (unpaired) electrons. The second kappa shape index (κ2) is 6.91. The van der Waals surface area contributed by atoms with Gasteiger partial charge in [0, 0.05) is 13.7 Å². The number of epoxide rings is 1. The molecule has 0 amide bonds. The third-order valence-electron chi connectivity index (χ3n) is 2.92. The van der Waals surface area contributed by atoms with E-state index in [0.29, 0.717) is 6.10 Å². The highest BCUT2D eigenvalue weighted by Gasteiger charge is 2.22. The Bertz CT molecular complexity index is 314. The Morgan fingerprint density at radius 3 is 2.76 bits per heavy atom. The van der Waals surface area contributed by atoms with E-state index in [-0.39, 0.29) is 0 Å². The normalized spacial score (nSPS) is 20.2. The van der Waals surface area contributed by atoms with Gasteiger partial charge in [0.1, 0.15) is 6.10 Å². The highest BCUT2D eigenvalue weighted by molar-refractivity contribution is 6.67. The summed E-state index contributed by atoms with van der Waals surface area (Å²) in [6.07, 6.45) is 1.45. The molecule has 1 aromatic carbocycles. The smallest absolute Gasteiger partial charge is 0.207 e. The van der Waals surface area contributed by atoms with Crippen LogP contribution < -0.4 is 5.19 Å². The first kappa shape index (κ1) is 12.8. The van der Waals surface area contributed by atoms with Crippen molar-refractivity contribution in [3.05, 3.63) is 30.3 Å². The monoisotopic (exact) mass is 252 g/mol. The molecular formula is C13H20O3Si. The van der Waals surface area contributed by atoms with Crippen LogP contribution in [0.4, 0.5) is 0 Å². The first-order chi connectivity index (χ1) is 8.40. The fraction of sp³-hybridized carbons (Fsp3) is 0.538. The van der Waals surface area contributed by atoms with Gasteiger partial charge in [-0.15, -0.1) is 0 Å². The van der Waals surface area contributed by atoms with E-state index in [9.17, 15) is 0 Å². The molecule has 3 nitrogen and oxygen atoms in total. The number of ether oxygens (including phenoxy) is 2. The molecule has 0 aliphatic carbocycles.